The number of carboxylic acid groups (broad SMARTS) is 1. The van der Waals surface area contributed by atoms with E-state index in [-0.39, 0.29) is 5.82 Å². The van der Waals surface area contributed by atoms with E-state index in [4.69, 9.17) is 4.74 Å². The highest BCUT2D eigenvalue weighted by Gasteiger charge is 2.24. The van der Waals surface area contributed by atoms with Crippen molar-refractivity contribution >= 4 is 37.8 Å². The Hall–Kier alpha value is -1.47. The summed E-state index contributed by atoms with van der Waals surface area (Å²) < 4.78 is 6.57. The molecule has 0 fully saturated rings. The minimum Gasteiger partial charge on any atom is -0.481 e. The predicted molar refractivity (Wildman–Crippen MR) is 84.5 cm³/mol. The summed E-state index contributed by atoms with van der Waals surface area (Å²) in [5, 5.41) is 9.45. The maximum absolute atomic E-state index is 11.5. The highest BCUT2D eigenvalue weighted by Crippen LogP contribution is 2.26. The molecule has 1 aromatic carbocycles. The molecule has 0 aliphatic rings. The highest BCUT2D eigenvalue weighted by molar-refractivity contribution is 9.10. The molecule has 5 nitrogen and oxygen atoms in total. The van der Waals surface area contributed by atoms with Gasteiger partial charge < -0.3 is 9.84 Å². The molecular weight excluding hydrogens is 404 g/mol. The number of carboxylic acids is 1. The lowest BCUT2D eigenvalue weighted by Gasteiger charge is -2.12. The van der Waals surface area contributed by atoms with Gasteiger partial charge in [0, 0.05) is 10.7 Å². The SMILES string of the molecule is COc1nc(C(Cc2cccc(Br)c2)C(=O)O)ncc1Br. The van der Waals surface area contributed by atoms with Crippen LogP contribution in [-0.4, -0.2) is 28.2 Å². The number of ether oxygens (including phenoxy) is 1. The normalized spacial score (nSPS) is 12.0. The van der Waals surface area contributed by atoms with Gasteiger partial charge in [0.15, 0.2) is 0 Å². The third-order valence-corrected chi connectivity index (χ3v) is 3.90. The molecule has 0 aliphatic heterocycles. The van der Waals surface area contributed by atoms with E-state index in [0.717, 1.165) is 10.0 Å². The second-order valence-electron chi connectivity index (χ2n) is 4.31. The first-order valence-electron chi connectivity index (χ1n) is 6.05. The molecule has 0 saturated heterocycles. The molecule has 7 heteroatoms. The van der Waals surface area contributed by atoms with Crippen LogP contribution in [0.4, 0.5) is 0 Å². The summed E-state index contributed by atoms with van der Waals surface area (Å²) in [6.07, 6.45) is 1.80. The molecule has 1 unspecified atom stereocenters. The van der Waals surface area contributed by atoms with Crippen molar-refractivity contribution in [2.24, 2.45) is 0 Å². The van der Waals surface area contributed by atoms with Crippen molar-refractivity contribution in [1.29, 1.82) is 0 Å². The zero-order valence-electron chi connectivity index (χ0n) is 11.1. The van der Waals surface area contributed by atoms with Crippen molar-refractivity contribution in [1.82, 2.24) is 9.97 Å². The van der Waals surface area contributed by atoms with Gasteiger partial charge >= 0.3 is 5.97 Å². The van der Waals surface area contributed by atoms with E-state index in [2.05, 4.69) is 41.8 Å². The summed E-state index contributed by atoms with van der Waals surface area (Å²) in [6, 6.07) is 7.50. The molecule has 0 bridgehead atoms. The molecule has 1 atom stereocenters. The largest absolute Gasteiger partial charge is 0.481 e. The first-order valence-corrected chi connectivity index (χ1v) is 7.63. The van der Waals surface area contributed by atoms with Gasteiger partial charge in [-0.25, -0.2) is 4.98 Å². The summed E-state index contributed by atoms with van der Waals surface area (Å²) in [5.41, 5.74) is 0.891. The van der Waals surface area contributed by atoms with Gasteiger partial charge in [0.05, 0.1) is 11.6 Å². The van der Waals surface area contributed by atoms with E-state index in [0.29, 0.717) is 16.8 Å². The van der Waals surface area contributed by atoms with Crippen molar-refractivity contribution in [3.8, 4) is 5.88 Å². The lowest BCUT2D eigenvalue weighted by atomic mass is 9.98. The number of hydrogen-bond donors (Lipinski definition) is 1. The van der Waals surface area contributed by atoms with Gasteiger partial charge in [-0.15, -0.1) is 0 Å². The maximum Gasteiger partial charge on any atom is 0.314 e. The van der Waals surface area contributed by atoms with Gasteiger partial charge in [-0.1, -0.05) is 28.1 Å². The number of hydrogen-bond acceptors (Lipinski definition) is 4. The van der Waals surface area contributed by atoms with Crippen molar-refractivity contribution in [2.75, 3.05) is 7.11 Å². The first kappa shape index (κ1) is 15.9. The smallest absolute Gasteiger partial charge is 0.314 e. The van der Waals surface area contributed by atoms with Crippen molar-refractivity contribution in [2.45, 2.75) is 12.3 Å². The number of aliphatic carboxylic acids is 1. The number of nitrogens with zero attached hydrogens (tertiary/aromatic N) is 2. The lowest BCUT2D eigenvalue weighted by Crippen LogP contribution is -2.17. The summed E-state index contributed by atoms with van der Waals surface area (Å²) in [6.45, 7) is 0. The minimum absolute atomic E-state index is 0.225. The monoisotopic (exact) mass is 414 g/mol. The molecule has 21 heavy (non-hydrogen) atoms. The number of methoxy groups -OCH3 is 1. The van der Waals surface area contributed by atoms with Crippen LogP contribution in [-0.2, 0) is 11.2 Å². The fourth-order valence-corrected chi connectivity index (χ4v) is 2.66. The number of carbonyl (C=O) groups is 1. The quantitative estimate of drug-likeness (QED) is 0.809. The van der Waals surface area contributed by atoms with Gasteiger partial charge in [-0.05, 0) is 40.0 Å². The summed E-state index contributed by atoms with van der Waals surface area (Å²) in [5.74, 6) is -1.26. The second-order valence-corrected chi connectivity index (χ2v) is 6.08. The van der Waals surface area contributed by atoms with E-state index in [1.165, 1.54) is 13.3 Å². The Morgan fingerprint density at radius 3 is 2.81 bits per heavy atom. The molecule has 0 saturated carbocycles. The van der Waals surface area contributed by atoms with E-state index in [1.54, 1.807) is 0 Å². The Labute approximate surface area is 138 Å². The van der Waals surface area contributed by atoms with E-state index < -0.39 is 11.9 Å². The van der Waals surface area contributed by atoms with Crippen LogP contribution in [0.1, 0.15) is 17.3 Å². The molecule has 0 spiro atoms. The molecule has 1 aromatic heterocycles. The summed E-state index contributed by atoms with van der Waals surface area (Å²) in [4.78, 5) is 19.8. The average Bonchev–Trinajstić information content (AvgIpc) is 2.45. The Morgan fingerprint density at radius 2 is 2.19 bits per heavy atom. The highest BCUT2D eigenvalue weighted by atomic mass is 79.9. The standard InChI is InChI=1S/C14H12Br2N2O3/c1-21-13-11(16)7-17-12(18-13)10(14(19)20)6-8-3-2-4-9(15)5-8/h2-5,7,10H,6H2,1H3,(H,19,20). The molecule has 1 heterocycles. The second kappa shape index (κ2) is 7.00. The lowest BCUT2D eigenvalue weighted by molar-refractivity contribution is -0.139. The Kier molecular flexibility index (Phi) is 5.30. The van der Waals surface area contributed by atoms with Crippen LogP contribution >= 0.6 is 31.9 Å². The van der Waals surface area contributed by atoms with Crippen LogP contribution in [0.3, 0.4) is 0 Å². The van der Waals surface area contributed by atoms with Crippen molar-refractivity contribution < 1.29 is 14.6 Å². The molecule has 2 aromatic rings. The zero-order chi connectivity index (χ0) is 15.4. The molecular formula is C14H12Br2N2O3. The number of halogens is 2. The van der Waals surface area contributed by atoms with Crippen molar-refractivity contribution in [3.05, 3.63) is 50.8 Å². The van der Waals surface area contributed by atoms with Crippen LogP contribution in [0.25, 0.3) is 0 Å². The van der Waals surface area contributed by atoms with Gasteiger partial charge in [-0.2, -0.15) is 4.98 Å². The predicted octanol–water partition coefficient (Wildman–Crippen LogP) is 3.42. The van der Waals surface area contributed by atoms with Crippen LogP contribution in [0, 0.1) is 0 Å². The number of rotatable bonds is 5. The Bertz CT molecular complexity index is 664. The minimum atomic E-state index is -0.973. The fraction of sp³-hybridized carbons (Fsp3) is 0.214. The molecule has 110 valence electrons. The fourth-order valence-electron chi connectivity index (χ4n) is 1.86. The number of aromatic nitrogens is 2. The van der Waals surface area contributed by atoms with Gasteiger partial charge in [-0.3, -0.25) is 4.79 Å². The third kappa shape index (κ3) is 4.01. The topological polar surface area (TPSA) is 72.3 Å². The van der Waals surface area contributed by atoms with E-state index >= 15 is 0 Å². The maximum atomic E-state index is 11.5. The molecule has 0 radical (unpaired) electrons. The van der Waals surface area contributed by atoms with E-state index in [9.17, 15) is 9.90 Å². The van der Waals surface area contributed by atoms with Gasteiger partial charge in [0.25, 0.3) is 0 Å². The number of benzene rings is 1. The molecule has 0 aliphatic carbocycles. The van der Waals surface area contributed by atoms with Crippen LogP contribution in [0.5, 0.6) is 5.88 Å². The van der Waals surface area contributed by atoms with Crippen LogP contribution in [0.15, 0.2) is 39.4 Å². The van der Waals surface area contributed by atoms with Gasteiger partial charge in [0.1, 0.15) is 11.7 Å². The first-order chi connectivity index (χ1) is 10.0. The Balaban J connectivity index is 2.33. The summed E-state index contributed by atoms with van der Waals surface area (Å²) in [7, 11) is 1.47. The zero-order valence-corrected chi connectivity index (χ0v) is 14.3. The molecule has 1 N–H and O–H groups in total. The molecule has 2 rings (SSSR count). The molecule has 0 amide bonds. The van der Waals surface area contributed by atoms with E-state index in [1.807, 2.05) is 24.3 Å². The van der Waals surface area contributed by atoms with Crippen LogP contribution in [0.2, 0.25) is 0 Å². The van der Waals surface area contributed by atoms with Gasteiger partial charge in [0.2, 0.25) is 5.88 Å². The van der Waals surface area contributed by atoms with Crippen LogP contribution < -0.4 is 4.74 Å². The Morgan fingerprint density at radius 1 is 1.43 bits per heavy atom. The van der Waals surface area contributed by atoms with Crippen molar-refractivity contribution in [3.63, 3.8) is 0 Å². The third-order valence-electron chi connectivity index (χ3n) is 2.86. The summed E-state index contributed by atoms with van der Waals surface area (Å²) >= 11 is 6.62. The average molecular weight is 416 g/mol.